The minimum Gasteiger partial charge on any atom is -0.493 e. The third-order valence-corrected chi connectivity index (χ3v) is 4.09. The normalized spacial score (nSPS) is 14.6. The Balaban J connectivity index is 1.80. The van der Waals surface area contributed by atoms with Gasteiger partial charge in [-0.15, -0.1) is 0 Å². The maximum Gasteiger partial charge on any atom is 0.326 e. The molecule has 9 nitrogen and oxygen atoms in total. The fourth-order valence-corrected chi connectivity index (χ4v) is 2.76. The number of methoxy groups -OCH3 is 1. The molecule has 0 unspecified atom stereocenters. The third-order valence-electron chi connectivity index (χ3n) is 3.81. The third kappa shape index (κ3) is 4.21. The summed E-state index contributed by atoms with van der Waals surface area (Å²) in [4.78, 5) is 33.0. The number of urea groups is 1. The van der Waals surface area contributed by atoms with E-state index in [1.807, 2.05) is 0 Å². The van der Waals surface area contributed by atoms with E-state index in [-0.39, 0.29) is 28.8 Å². The number of hydrogen-bond donors (Lipinski definition) is 2. The van der Waals surface area contributed by atoms with Crippen molar-refractivity contribution in [2.24, 2.45) is 0 Å². The molecule has 0 aliphatic carbocycles. The molecule has 0 bridgehead atoms. The molecule has 0 spiro atoms. The molecule has 10 heteroatoms. The number of benzene rings is 2. The number of imide groups is 1. The Kier molecular flexibility index (Phi) is 5.46. The van der Waals surface area contributed by atoms with Crippen LogP contribution < -0.4 is 20.1 Å². The molecule has 0 aromatic heterocycles. The van der Waals surface area contributed by atoms with E-state index < -0.39 is 16.9 Å². The van der Waals surface area contributed by atoms with Crippen LogP contribution in [0.2, 0.25) is 5.02 Å². The number of ether oxygens (including phenoxy) is 2. The Hall–Kier alpha value is -3.59. The Morgan fingerprint density at radius 2 is 1.89 bits per heavy atom. The largest absolute Gasteiger partial charge is 0.493 e. The van der Waals surface area contributed by atoms with E-state index in [0.29, 0.717) is 16.9 Å². The van der Waals surface area contributed by atoms with Crippen molar-refractivity contribution in [3.8, 4) is 11.5 Å². The number of nitrogens with zero attached hydrogens (tertiary/aromatic N) is 1. The van der Waals surface area contributed by atoms with Gasteiger partial charge in [0.25, 0.3) is 11.6 Å². The summed E-state index contributed by atoms with van der Waals surface area (Å²) in [6.07, 6.45) is 1.45. The molecule has 0 radical (unpaired) electrons. The molecule has 1 aliphatic rings. The van der Waals surface area contributed by atoms with E-state index in [0.717, 1.165) is 0 Å². The van der Waals surface area contributed by atoms with Crippen LogP contribution in [0.4, 0.5) is 10.5 Å². The topological polar surface area (TPSA) is 120 Å². The lowest BCUT2D eigenvalue weighted by atomic mass is 10.1. The number of amides is 3. The highest BCUT2D eigenvalue weighted by Gasteiger charge is 2.23. The predicted molar refractivity (Wildman–Crippen MR) is 100 cm³/mol. The van der Waals surface area contributed by atoms with Crippen molar-refractivity contribution in [1.29, 1.82) is 0 Å². The van der Waals surface area contributed by atoms with Crippen molar-refractivity contribution in [3.05, 3.63) is 68.4 Å². The predicted octanol–water partition coefficient (Wildman–Crippen LogP) is 3.02. The van der Waals surface area contributed by atoms with Gasteiger partial charge in [0.1, 0.15) is 12.3 Å². The number of halogens is 1. The van der Waals surface area contributed by atoms with Crippen LogP contribution in [0.5, 0.6) is 11.5 Å². The van der Waals surface area contributed by atoms with Crippen molar-refractivity contribution in [3.63, 3.8) is 0 Å². The van der Waals surface area contributed by atoms with Gasteiger partial charge in [0, 0.05) is 12.1 Å². The quantitative estimate of drug-likeness (QED) is 0.331. The zero-order chi connectivity index (χ0) is 20.3. The molecule has 1 aliphatic heterocycles. The smallest absolute Gasteiger partial charge is 0.326 e. The van der Waals surface area contributed by atoms with E-state index in [4.69, 9.17) is 21.1 Å². The molecule has 144 valence electrons. The molecule has 28 heavy (non-hydrogen) atoms. The molecule has 2 N–H and O–H groups in total. The summed E-state index contributed by atoms with van der Waals surface area (Å²) in [7, 11) is 1.44. The number of nitrogens with one attached hydrogen (secondary N) is 2. The van der Waals surface area contributed by atoms with E-state index in [9.17, 15) is 19.7 Å². The number of rotatable bonds is 6. The zero-order valence-electron chi connectivity index (χ0n) is 14.5. The van der Waals surface area contributed by atoms with Crippen molar-refractivity contribution < 1.29 is 24.0 Å². The first-order valence-corrected chi connectivity index (χ1v) is 8.33. The van der Waals surface area contributed by atoms with Crippen LogP contribution in [-0.4, -0.2) is 24.0 Å². The van der Waals surface area contributed by atoms with Gasteiger partial charge in [-0.2, -0.15) is 0 Å². The second kappa shape index (κ2) is 7.97. The summed E-state index contributed by atoms with van der Waals surface area (Å²) in [5.74, 6) is 0.0640. The van der Waals surface area contributed by atoms with Gasteiger partial charge >= 0.3 is 6.03 Å². The molecule has 2 aromatic rings. The summed E-state index contributed by atoms with van der Waals surface area (Å²) >= 11 is 6.29. The first-order valence-electron chi connectivity index (χ1n) is 7.95. The molecule has 0 saturated carbocycles. The summed E-state index contributed by atoms with van der Waals surface area (Å²) in [5.41, 5.74) is 1.31. The van der Waals surface area contributed by atoms with Crippen molar-refractivity contribution in [1.82, 2.24) is 10.6 Å². The lowest BCUT2D eigenvalue weighted by molar-refractivity contribution is -0.384. The minimum atomic E-state index is -0.600. The van der Waals surface area contributed by atoms with Gasteiger partial charge in [-0.25, -0.2) is 4.79 Å². The Labute approximate surface area is 164 Å². The number of nitro groups is 1. The molecule has 0 atom stereocenters. The number of carbonyl (C=O) groups excluding carboxylic acids is 2. The van der Waals surface area contributed by atoms with Crippen molar-refractivity contribution in [2.45, 2.75) is 6.61 Å². The van der Waals surface area contributed by atoms with Crippen LogP contribution in [-0.2, 0) is 11.4 Å². The van der Waals surface area contributed by atoms with Crippen LogP contribution in [0, 0.1) is 10.1 Å². The Bertz CT molecular complexity index is 988. The van der Waals surface area contributed by atoms with E-state index in [1.165, 1.54) is 25.3 Å². The Morgan fingerprint density at radius 3 is 2.46 bits per heavy atom. The molecule has 1 saturated heterocycles. The lowest BCUT2D eigenvalue weighted by Gasteiger charge is -2.13. The van der Waals surface area contributed by atoms with Crippen LogP contribution >= 0.6 is 11.6 Å². The molecular formula is C18H14ClN3O6. The molecule has 1 heterocycles. The highest BCUT2D eigenvalue weighted by Crippen LogP contribution is 2.37. The fourth-order valence-electron chi connectivity index (χ4n) is 2.48. The van der Waals surface area contributed by atoms with E-state index in [2.05, 4.69) is 10.6 Å². The van der Waals surface area contributed by atoms with Gasteiger partial charge in [0.15, 0.2) is 11.5 Å². The second-order valence-corrected chi connectivity index (χ2v) is 6.12. The van der Waals surface area contributed by atoms with Gasteiger partial charge in [-0.1, -0.05) is 11.6 Å². The molecule has 3 rings (SSSR count). The van der Waals surface area contributed by atoms with Gasteiger partial charge in [0.05, 0.1) is 17.1 Å². The summed E-state index contributed by atoms with van der Waals surface area (Å²) < 4.78 is 11.0. The SMILES string of the molecule is COc1cc(/C=C2/NC(=O)NC2=O)cc(Cl)c1OCc1ccc([N+](=O)[O-])cc1. The highest BCUT2D eigenvalue weighted by atomic mass is 35.5. The number of carbonyl (C=O) groups is 2. The molecule has 2 aromatic carbocycles. The van der Waals surface area contributed by atoms with Crippen molar-refractivity contribution >= 4 is 35.3 Å². The maximum absolute atomic E-state index is 11.6. The second-order valence-electron chi connectivity index (χ2n) is 5.71. The maximum atomic E-state index is 11.6. The lowest BCUT2D eigenvalue weighted by Crippen LogP contribution is -2.22. The van der Waals surface area contributed by atoms with Crippen LogP contribution in [0.1, 0.15) is 11.1 Å². The standard InChI is InChI=1S/C18H14ClN3O6/c1-27-15-8-11(7-14-17(23)21-18(24)20-14)6-13(19)16(15)28-9-10-2-4-12(5-3-10)22(25)26/h2-8H,9H2,1H3,(H2,20,21,23,24)/b14-7+. The monoisotopic (exact) mass is 403 g/mol. The van der Waals surface area contributed by atoms with Crippen molar-refractivity contribution in [2.75, 3.05) is 7.11 Å². The molecular weight excluding hydrogens is 390 g/mol. The summed E-state index contributed by atoms with van der Waals surface area (Å²) in [6.45, 7) is 0.118. The van der Waals surface area contributed by atoms with Crippen LogP contribution in [0.3, 0.4) is 0 Å². The van der Waals surface area contributed by atoms with E-state index >= 15 is 0 Å². The average Bonchev–Trinajstić information content (AvgIpc) is 2.97. The average molecular weight is 404 g/mol. The summed E-state index contributed by atoms with van der Waals surface area (Å²) in [6, 6.07) is 8.48. The fraction of sp³-hybridized carbons (Fsp3) is 0.111. The van der Waals surface area contributed by atoms with Gasteiger partial charge < -0.3 is 14.8 Å². The first kappa shape index (κ1) is 19.2. The molecule has 1 fully saturated rings. The number of hydrogen-bond acceptors (Lipinski definition) is 6. The summed E-state index contributed by atoms with van der Waals surface area (Å²) in [5, 5.41) is 15.4. The Morgan fingerprint density at radius 1 is 1.18 bits per heavy atom. The number of nitro benzene ring substituents is 1. The van der Waals surface area contributed by atoms with Crippen LogP contribution in [0.25, 0.3) is 6.08 Å². The highest BCUT2D eigenvalue weighted by molar-refractivity contribution is 6.32. The van der Waals surface area contributed by atoms with Gasteiger partial charge in [-0.05, 0) is 41.5 Å². The minimum absolute atomic E-state index is 0.0141. The van der Waals surface area contributed by atoms with Crippen LogP contribution in [0.15, 0.2) is 42.1 Å². The molecule has 3 amide bonds. The van der Waals surface area contributed by atoms with Gasteiger partial charge in [0.2, 0.25) is 0 Å². The number of non-ortho nitro benzene ring substituents is 1. The van der Waals surface area contributed by atoms with E-state index in [1.54, 1.807) is 24.3 Å². The zero-order valence-corrected chi connectivity index (χ0v) is 15.3. The van der Waals surface area contributed by atoms with Gasteiger partial charge in [-0.3, -0.25) is 20.2 Å². The first-order chi connectivity index (χ1) is 13.4.